The second-order valence-corrected chi connectivity index (χ2v) is 17.8. The van der Waals surface area contributed by atoms with Crippen LogP contribution in [0.15, 0.2) is 85.1 Å². The molecular weight excluding hydrogens is 877 g/mol. The minimum atomic E-state index is -1.92. The number of carboxylic acids is 1. The maximum atomic E-state index is 13.1. The van der Waals surface area contributed by atoms with Gasteiger partial charge in [0, 0.05) is 19.3 Å². The lowest BCUT2D eigenvalue weighted by Gasteiger charge is -2.40. The fourth-order valence-electron chi connectivity index (χ4n) is 7.32. The van der Waals surface area contributed by atoms with Gasteiger partial charge < -0.3 is 39.0 Å². The molecule has 1 fully saturated rings. The van der Waals surface area contributed by atoms with E-state index in [0.717, 1.165) is 128 Å². The maximum absolute atomic E-state index is 13.1. The average Bonchev–Trinajstić information content (AvgIpc) is 3.33. The summed E-state index contributed by atoms with van der Waals surface area (Å²) < 4.78 is 28.2. The van der Waals surface area contributed by atoms with Crippen LogP contribution in [0.2, 0.25) is 0 Å². The summed E-state index contributed by atoms with van der Waals surface area (Å²) in [5.41, 5.74) is 0. The first-order valence-electron chi connectivity index (χ1n) is 26.6. The number of hydrogen-bond acceptors (Lipinski definition) is 11. The van der Waals surface area contributed by atoms with Gasteiger partial charge in [-0.25, -0.2) is 4.79 Å². The van der Waals surface area contributed by atoms with Crippen LogP contribution in [-0.2, 0) is 42.9 Å². The predicted octanol–water partition coefficient (Wildman–Crippen LogP) is 12.8. The van der Waals surface area contributed by atoms with Crippen molar-refractivity contribution in [1.82, 2.24) is 0 Å². The zero-order chi connectivity index (χ0) is 50.4. The van der Waals surface area contributed by atoms with Crippen LogP contribution in [0.3, 0.4) is 0 Å². The second-order valence-electron chi connectivity index (χ2n) is 17.8. The van der Waals surface area contributed by atoms with Crippen LogP contribution in [-0.4, -0.2) is 89.2 Å². The Labute approximate surface area is 416 Å². The lowest BCUT2D eigenvalue weighted by atomic mass is 9.98. The molecule has 69 heavy (non-hydrogen) atoms. The Hall–Kier alpha value is -4.10. The molecule has 6 unspecified atom stereocenters. The van der Waals surface area contributed by atoms with E-state index in [9.17, 15) is 34.5 Å². The van der Waals surface area contributed by atoms with Crippen molar-refractivity contribution in [1.29, 1.82) is 0 Å². The normalized spacial score (nSPS) is 19.3. The highest BCUT2D eigenvalue weighted by atomic mass is 16.7. The van der Waals surface area contributed by atoms with E-state index in [-0.39, 0.29) is 25.9 Å². The van der Waals surface area contributed by atoms with Gasteiger partial charge in [-0.1, -0.05) is 164 Å². The van der Waals surface area contributed by atoms with Crippen molar-refractivity contribution in [3.8, 4) is 0 Å². The van der Waals surface area contributed by atoms with Crippen LogP contribution < -0.4 is 0 Å². The number of hydrogen-bond donors (Lipinski definition) is 3. The van der Waals surface area contributed by atoms with Gasteiger partial charge in [0.15, 0.2) is 24.6 Å². The second kappa shape index (κ2) is 45.1. The van der Waals surface area contributed by atoms with Crippen LogP contribution in [0.25, 0.3) is 0 Å². The Morgan fingerprint density at radius 1 is 0.493 bits per heavy atom. The van der Waals surface area contributed by atoms with Crippen molar-refractivity contribution in [2.75, 3.05) is 13.2 Å². The molecule has 0 aromatic rings. The van der Waals surface area contributed by atoms with Gasteiger partial charge >= 0.3 is 23.9 Å². The molecule has 0 aromatic heterocycles. The van der Waals surface area contributed by atoms with Crippen LogP contribution in [0.4, 0.5) is 0 Å². The average molecular weight is 969 g/mol. The predicted molar refractivity (Wildman–Crippen MR) is 275 cm³/mol. The van der Waals surface area contributed by atoms with Crippen LogP contribution in [0.5, 0.6) is 0 Å². The lowest BCUT2D eigenvalue weighted by molar-refractivity contribution is -0.301. The summed E-state index contributed by atoms with van der Waals surface area (Å²) in [7, 11) is 0. The van der Waals surface area contributed by atoms with Crippen molar-refractivity contribution in [2.45, 2.75) is 237 Å². The molecule has 1 rings (SSSR count). The van der Waals surface area contributed by atoms with Gasteiger partial charge in [-0.3, -0.25) is 14.4 Å². The smallest absolute Gasteiger partial charge is 0.335 e. The first kappa shape index (κ1) is 62.9. The Bertz CT molecular complexity index is 1530. The molecule has 0 spiro atoms. The fraction of sp³-hybridized carbons (Fsp3) is 0.684. The van der Waals surface area contributed by atoms with Gasteiger partial charge in [-0.15, -0.1) is 0 Å². The molecule has 0 aromatic carbocycles. The summed E-state index contributed by atoms with van der Waals surface area (Å²) in [6.07, 6.45) is 44.3. The van der Waals surface area contributed by atoms with E-state index < -0.39 is 67.3 Å². The summed E-state index contributed by atoms with van der Waals surface area (Å²) in [6.45, 7) is 5.69. The third-order valence-corrected chi connectivity index (χ3v) is 11.4. The first-order valence-corrected chi connectivity index (χ1v) is 26.6. The van der Waals surface area contributed by atoms with Crippen molar-refractivity contribution in [2.24, 2.45) is 0 Å². The Balaban J connectivity index is 2.77. The number of rotatable bonds is 43. The quantitative estimate of drug-likeness (QED) is 0.0229. The third kappa shape index (κ3) is 35.6. The van der Waals surface area contributed by atoms with Crippen molar-refractivity contribution >= 4 is 23.9 Å². The van der Waals surface area contributed by atoms with Crippen molar-refractivity contribution < 1.29 is 58.2 Å². The maximum Gasteiger partial charge on any atom is 0.335 e. The Kier molecular flexibility index (Phi) is 41.1. The lowest BCUT2D eigenvalue weighted by Crippen LogP contribution is -2.61. The number of carbonyl (C=O) groups is 4. The number of carbonyl (C=O) groups excluding carboxylic acids is 3. The van der Waals surface area contributed by atoms with Crippen molar-refractivity contribution in [3.05, 3.63) is 85.1 Å². The summed E-state index contributed by atoms with van der Waals surface area (Å²) in [6, 6.07) is 0. The molecule has 392 valence electrons. The van der Waals surface area contributed by atoms with E-state index in [1.807, 2.05) is 0 Å². The van der Waals surface area contributed by atoms with Gasteiger partial charge in [0.2, 0.25) is 0 Å². The number of ether oxygens (including phenoxy) is 5. The first-order chi connectivity index (χ1) is 33.6. The highest BCUT2D eigenvalue weighted by molar-refractivity contribution is 5.74. The monoisotopic (exact) mass is 969 g/mol. The third-order valence-electron chi connectivity index (χ3n) is 11.4. The number of carboxylic acid groups (broad SMARTS) is 1. The van der Waals surface area contributed by atoms with E-state index in [1.54, 1.807) is 0 Å². The van der Waals surface area contributed by atoms with E-state index in [2.05, 4.69) is 106 Å². The minimum absolute atomic E-state index is 0.0358. The molecule has 0 aliphatic carbocycles. The number of allylic oxidation sites excluding steroid dienone is 14. The number of aliphatic hydroxyl groups excluding tert-OH is 2. The number of esters is 3. The summed E-state index contributed by atoms with van der Waals surface area (Å²) in [5, 5.41) is 31.3. The Morgan fingerprint density at radius 2 is 0.942 bits per heavy atom. The number of unbranched alkanes of at least 4 members (excludes halogenated alkanes) is 15. The van der Waals surface area contributed by atoms with Gasteiger partial charge in [0.05, 0.1) is 6.61 Å². The number of aliphatic hydroxyl groups is 2. The molecule has 0 saturated carbocycles. The van der Waals surface area contributed by atoms with E-state index >= 15 is 0 Å². The summed E-state index contributed by atoms with van der Waals surface area (Å²) in [5.74, 6) is -3.22. The largest absolute Gasteiger partial charge is 0.479 e. The van der Waals surface area contributed by atoms with E-state index in [4.69, 9.17) is 23.7 Å². The molecule has 12 heteroatoms. The molecule has 1 aliphatic rings. The molecule has 12 nitrogen and oxygen atoms in total. The molecule has 3 N–H and O–H groups in total. The van der Waals surface area contributed by atoms with Crippen LogP contribution >= 0.6 is 0 Å². The molecule has 0 radical (unpaired) electrons. The number of aliphatic carboxylic acids is 1. The highest BCUT2D eigenvalue weighted by Gasteiger charge is 2.50. The van der Waals surface area contributed by atoms with Gasteiger partial charge in [0.1, 0.15) is 18.8 Å². The minimum Gasteiger partial charge on any atom is -0.479 e. The van der Waals surface area contributed by atoms with Crippen molar-refractivity contribution in [3.63, 3.8) is 0 Å². The standard InChI is InChI=1S/C57H92O12/c1-4-7-10-13-16-19-22-24-25-27-29-31-34-37-40-43-49(58)65-46-48(67-50(59)44-41-38-35-32-28-21-18-15-12-9-6-3)47-66-57-55(53(62)52(61)54(69-57)56(63)64)68-51(60)45-42-39-36-33-30-26-23-20-17-14-11-8-5-2/h7,10-11,14-16,18-20,23-25,29,31,48,52-55,57,61-62H,4-6,8-9,12-13,17,21-22,26-28,30,32-47H2,1-3H3,(H,63,64)/b10-7-,14-11-,18-15-,19-16-,23-20-,25-24-,31-29-. The van der Waals surface area contributed by atoms with Crippen LogP contribution in [0, 0.1) is 0 Å². The zero-order valence-electron chi connectivity index (χ0n) is 42.8. The van der Waals surface area contributed by atoms with Gasteiger partial charge in [0.25, 0.3) is 0 Å². The Morgan fingerprint density at radius 3 is 1.49 bits per heavy atom. The van der Waals surface area contributed by atoms with E-state index in [0.29, 0.717) is 19.3 Å². The molecule has 1 heterocycles. The molecule has 0 amide bonds. The molecule has 0 bridgehead atoms. The van der Waals surface area contributed by atoms with Gasteiger partial charge in [-0.05, 0) is 103 Å². The van der Waals surface area contributed by atoms with Gasteiger partial charge in [-0.2, -0.15) is 0 Å². The highest BCUT2D eigenvalue weighted by Crippen LogP contribution is 2.26. The molecule has 1 saturated heterocycles. The molecular formula is C57H92O12. The fourth-order valence-corrected chi connectivity index (χ4v) is 7.32. The summed E-state index contributed by atoms with van der Waals surface area (Å²) >= 11 is 0. The zero-order valence-corrected chi connectivity index (χ0v) is 42.8. The topological polar surface area (TPSA) is 175 Å². The summed E-state index contributed by atoms with van der Waals surface area (Å²) in [4.78, 5) is 50.8. The van der Waals surface area contributed by atoms with Crippen LogP contribution in [0.1, 0.15) is 201 Å². The van der Waals surface area contributed by atoms with E-state index in [1.165, 1.54) is 12.8 Å². The SMILES string of the molecule is CC/C=C\C/C=C\C/C=C\C/C=C\CCCCC(=O)OCC(COC1OC(C(=O)O)C(O)C(O)C1OC(=O)CCCCCCC/C=C\C/C=C\CCC)OC(=O)CCCCCCC/C=C\CCCC. The molecule has 6 atom stereocenters. The molecule has 1 aliphatic heterocycles.